The SMILES string of the molecule is CNC(Cc1ccnc(N)c1)c1ccc(F)c(Cl)c1. The highest BCUT2D eigenvalue weighted by atomic mass is 35.5. The number of rotatable bonds is 4. The van der Waals surface area contributed by atoms with Gasteiger partial charge in [-0.1, -0.05) is 17.7 Å². The number of aromatic nitrogens is 1. The number of anilines is 1. The molecule has 3 nitrogen and oxygen atoms in total. The van der Waals surface area contributed by atoms with Gasteiger partial charge in [-0.05, 0) is 48.9 Å². The highest BCUT2D eigenvalue weighted by molar-refractivity contribution is 6.30. The molecule has 1 aromatic heterocycles. The smallest absolute Gasteiger partial charge is 0.141 e. The third-order valence-electron chi connectivity index (χ3n) is 2.98. The lowest BCUT2D eigenvalue weighted by atomic mass is 9.99. The van der Waals surface area contributed by atoms with Crippen LogP contribution in [-0.2, 0) is 6.42 Å². The second-order valence-corrected chi connectivity index (χ2v) is 4.72. The van der Waals surface area contributed by atoms with Gasteiger partial charge in [-0.15, -0.1) is 0 Å². The normalized spacial score (nSPS) is 12.4. The van der Waals surface area contributed by atoms with Crippen LogP contribution in [0.25, 0.3) is 0 Å². The van der Waals surface area contributed by atoms with Crippen LogP contribution < -0.4 is 11.1 Å². The average Bonchev–Trinajstić information content (AvgIpc) is 2.39. The Morgan fingerprint density at radius 3 is 2.79 bits per heavy atom. The molecule has 1 unspecified atom stereocenters. The van der Waals surface area contributed by atoms with Crippen molar-refractivity contribution in [2.24, 2.45) is 0 Å². The van der Waals surface area contributed by atoms with Crippen LogP contribution in [0.4, 0.5) is 10.2 Å². The molecule has 0 radical (unpaired) electrons. The molecule has 0 amide bonds. The van der Waals surface area contributed by atoms with Crippen molar-refractivity contribution in [3.63, 3.8) is 0 Å². The fourth-order valence-electron chi connectivity index (χ4n) is 1.97. The molecule has 0 saturated carbocycles. The van der Waals surface area contributed by atoms with Crippen molar-refractivity contribution in [2.75, 3.05) is 12.8 Å². The van der Waals surface area contributed by atoms with E-state index in [4.69, 9.17) is 17.3 Å². The standard InChI is InChI=1S/C14H15ClFN3/c1-18-13(6-9-4-5-19-14(17)7-9)10-2-3-12(16)11(15)8-10/h2-5,7-8,13,18H,6H2,1H3,(H2,17,19). The third-order valence-corrected chi connectivity index (χ3v) is 3.27. The Morgan fingerprint density at radius 2 is 2.16 bits per heavy atom. The van der Waals surface area contributed by atoms with Crippen LogP contribution >= 0.6 is 11.6 Å². The van der Waals surface area contributed by atoms with Gasteiger partial charge in [0, 0.05) is 12.2 Å². The van der Waals surface area contributed by atoms with Crippen molar-refractivity contribution in [3.05, 3.63) is 58.5 Å². The van der Waals surface area contributed by atoms with Gasteiger partial charge in [0.15, 0.2) is 0 Å². The first-order valence-electron chi connectivity index (χ1n) is 5.92. The maximum Gasteiger partial charge on any atom is 0.141 e. The number of nitrogens with one attached hydrogen (secondary N) is 1. The Bertz CT molecular complexity index is 574. The first kappa shape index (κ1) is 13.8. The fraction of sp³-hybridized carbons (Fsp3) is 0.214. The monoisotopic (exact) mass is 279 g/mol. The predicted octanol–water partition coefficient (Wildman–Crippen LogP) is 2.96. The summed E-state index contributed by atoms with van der Waals surface area (Å²) in [4.78, 5) is 3.96. The Labute approximate surface area is 116 Å². The molecule has 1 heterocycles. The van der Waals surface area contributed by atoms with Crippen molar-refractivity contribution in [1.29, 1.82) is 0 Å². The van der Waals surface area contributed by atoms with Crippen LogP contribution in [0.5, 0.6) is 0 Å². The van der Waals surface area contributed by atoms with Crippen LogP contribution in [0.3, 0.4) is 0 Å². The number of nitrogens with two attached hydrogens (primary N) is 1. The summed E-state index contributed by atoms with van der Waals surface area (Å²) in [5.41, 5.74) is 7.65. The summed E-state index contributed by atoms with van der Waals surface area (Å²) in [6.07, 6.45) is 2.40. The summed E-state index contributed by atoms with van der Waals surface area (Å²) >= 11 is 5.81. The molecule has 1 aromatic carbocycles. The first-order valence-corrected chi connectivity index (χ1v) is 6.30. The maximum absolute atomic E-state index is 13.2. The molecule has 1 atom stereocenters. The van der Waals surface area contributed by atoms with Crippen LogP contribution in [0.2, 0.25) is 5.02 Å². The summed E-state index contributed by atoms with van der Waals surface area (Å²) in [5.74, 6) is 0.0814. The van der Waals surface area contributed by atoms with Crippen molar-refractivity contribution < 1.29 is 4.39 Å². The molecule has 2 aromatic rings. The molecule has 0 aliphatic carbocycles. The second kappa shape index (κ2) is 5.99. The molecule has 5 heteroatoms. The lowest BCUT2D eigenvalue weighted by Crippen LogP contribution is -2.19. The maximum atomic E-state index is 13.2. The number of pyridine rings is 1. The molecular weight excluding hydrogens is 265 g/mol. The Hall–Kier alpha value is -1.65. The highest BCUT2D eigenvalue weighted by Crippen LogP contribution is 2.23. The lowest BCUT2D eigenvalue weighted by Gasteiger charge is -2.17. The van der Waals surface area contributed by atoms with E-state index in [-0.39, 0.29) is 11.1 Å². The third kappa shape index (κ3) is 3.43. The predicted molar refractivity (Wildman–Crippen MR) is 75.6 cm³/mol. The number of hydrogen-bond acceptors (Lipinski definition) is 3. The van der Waals surface area contributed by atoms with Gasteiger partial charge in [0.1, 0.15) is 11.6 Å². The van der Waals surface area contributed by atoms with Crippen LogP contribution in [0.1, 0.15) is 17.2 Å². The number of likely N-dealkylation sites (N-methyl/N-ethyl adjacent to an activating group) is 1. The molecule has 3 N–H and O–H groups in total. The summed E-state index contributed by atoms with van der Waals surface area (Å²) < 4.78 is 13.2. The van der Waals surface area contributed by atoms with E-state index in [0.717, 1.165) is 17.5 Å². The van der Waals surface area contributed by atoms with E-state index in [1.807, 2.05) is 19.2 Å². The van der Waals surface area contributed by atoms with Crippen molar-refractivity contribution in [2.45, 2.75) is 12.5 Å². The fourth-order valence-corrected chi connectivity index (χ4v) is 2.16. The van der Waals surface area contributed by atoms with Crippen molar-refractivity contribution in [1.82, 2.24) is 10.3 Å². The summed E-state index contributed by atoms with van der Waals surface area (Å²) in [6.45, 7) is 0. The molecule has 0 fully saturated rings. The molecule has 2 rings (SSSR count). The van der Waals surface area contributed by atoms with Crippen molar-refractivity contribution >= 4 is 17.4 Å². The minimum atomic E-state index is -0.409. The van der Waals surface area contributed by atoms with E-state index >= 15 is 0 Å². The number of halogens is 2. The van der Waals surface area contributed by atoms with E-state index in [2.05, 4.69) is 10.3 Å². The highest BCUT2D eigenvalue weighted by Gasteiger charge is 2.12. The second-order valence-electron chi connectivity index (χ2n) is 4.31. The van der Waals surface area contributed by atoms with Gasteiger partial charge in [-0.25, -0.2) is 9.37 Å². The van der Waals surface area contributed by atoms with E-state index in [1.165, 1.54) is 6.07 Å². The molecule has 0 aliphatic heterocycles. The molecule has 19 heavy (non-hydrogen) atoms. The van der Waals surface area contributed by atoms with Gasteiger partial charge >= 0.3 is 0 Å². The lowest BCUT2D eigenvalue weighted by molar-refractivity contribution is 0.586. The van der Waals surface area contributed by atoms with Crippen molar-refractivity contribution in [3.8, 4) is 0 Å². The van der Waals surface area contributed by atoms with E-state index < -0.39 is 5.82 Å². The van der Waals surface area contributed by atoms with E-state index in [1.54, 1.807) is 18.3 Å². The molecule has 100 valence electrons. The average molecular weight is 280 g/mol. The van der Waals surface area contributed by atoms with Gasteiger partial charge in [-0.3, -0.25) is 0 Å². The van der Waals surface area contributed by atoms with Crippen LogP contribution in [0.15, 0.2) is 36.5 Å². The van der Waals surface area contributed by atoms with Crippen LogP contribution in [0, 0.1) is 5.82 Å². The van der Waals surface area contributed by atoms with Gasteiger partial charge in [-0.2, -0.15) is 0 Å². The first-order chi connectivity index (χ1) is 9.10. The zero-order valence-electron chi connectivity index (χ0n) is 10.5. The number of nitrogen functional groups attached to an aromatic ring is 1. The summed E-state index contributed by atoms with van der Waals surface area (Å²) in [6, 6.07) is 8.53. The molecule has 0 saturated heterocycles. The number of benzene rings is 1. The van der Waals surface area contributed by atoms with Crippen LogP contribution in [-0.4, -0.2) is 12.0 Å². The van der Waals surface area contributed by atoms with Gasteiger partial charge < -0.3 is 11.1 Å². The van der Waals surface area contributed by atoms with Gasteiger partial charge in [0.25, 0.3) is 0 Å². The quantitative estimate of drug-likeness (QED) is 0.905. The molecular formula is C14H15ClFN3. The van der Waals surface area contributed by atoms with E-state index in [0.29, 0.717) is 5.82 Å². The molecule has 0 aliphatic rings. The minimum absolute atomic E-state index is 0.0416. The zero-order valence-corrected chi connectivity index (χ0v) is 11.3. The summed E-state index contributed by atoms with van der Waals surface area (Å²) in [5, 5.41) is 3.32. The Balaban J connectivity index is 2.22. The van der Waals surface area contributed by atoms with E-state index in [9.17, 15) is 4.39 Å². The largest absolute Gasteiger partial charge is 0.384 e. The topological polar surface area (TPSA) is 50.9 Å². The van der Waals surface area contributed by atoms with Gasteiger partial charge in [0.05, 0.1) is 5.02 Å². The summed E-state index contributed by atoms with van der Waals surface area (Å²) in [7, 11) is 1.85. The molecule has 0 bridgehead atoms. The zero-order chi connectivity index (χ0) is 13.8. The van der Waals surface area contributed by atoms with Gasteiger partial charge in [0.2, 0.25) is 0 Å². The Kier molecular flexibility index (Phi) is 4.35. The minimum Gasteiger partial charge on any atom is -0.384 e. The molecule has 0 spiro atoms. The number of hydrogen-bond donors (Lipinski definition) is 2. The Morgan fingerprint density at radius 1 is 1.37 bits per heavy atom. The number of nitrogens with zero attached hydrogens (tertiary/aromatic N) is 1.